The van der Waals surface area contributed by atoms with E-state index in [0.29, 0.717) is 13.1 Å². The van der Waals surface area contributed by atoms with Gasteiger partial charge in [0.1, 0.15) is 12.7 Å². The lowest BCUT2D eigenvalue weighted by Gasteiger charge is -2.28. The van der Waals surface area contributed by atoms with Crippen LogP contribution in [0.15, 0.2) is 29.1 Å². The van der Waals surface area contributed by atoms with E-state index in [1.165, 1.54) is 19.3 Å². The van der Waals surface area contributed by atoms with Gasteiger partial charge in [0.15, 0.2) is 5.17 Å². The first-order valence-corrected chi connectivity index (χ1v) is 8.01. The zero-order valence-electron chi connectivity index (χ0n) is 12.9. The lowest BCUT2D eigenvalue weighted by atomic mass is 10.1. The number of aliphatic hydroxyl groups excluding tert-OH is 1. The number of β-amino-alcohol motifs (C(OH)–C–C–N with tert-alkyl or cyclic N) is 1. The van der Waals surface area contributed by atoms with Crippen LogP contribution in [-0.2, 0) is 9.68 Å². The summed E-state index contributed by atoms with van der Waals surface area (Å²) in [5.74, 6) is 0. The molecule has 1 saturated heterocycles. The number of nitrogens with zero attached hydrogens (tertiary/aromatic N) is 3. The van der Waals surface area contributed by atoms with E-state index in [0.717, 1.165) is 18.7 Å². The van der Waals surface area contributed by atoms with E-state index in [1.54, 1.807) is 18.4 Å². The number of rotatable bonds is 7. The lowest BCUT2D eigenvalue weighted by molar-refractivity contribution is -0.0801. The Hall–Kier alpha value is -1.08. The highest BCUT2D eigenvalue weighted by Gasteiger charge is 2.15. The van der Waals surface area contributed by atoms with E-state index < -0.39 is 6.10 Å². The Morgan fingerprint density at radius 1 is 1.41 bits per heavy atom. The van der Waals surface area contributed by atoms with Crippen LogP contribution in [-0.4, -0.2) is 66.2 Å². The number of aliphatic hydroxyl groups is 1. The molecule has 1 unspecified atom stereocenters. The molecular weight excluding hydrogens is 306 g/mol. The number of hydrogen-bond donors (Lipinski definition) is 1. The largest absolute Gasteiger partial charge is 0.392 e. The van der Waals surface area contributed by atoms with Gasteiger partial charge in [-0.05, 0) is 32.0 Å². The van der Waals surface area contributed by atoms with Gasteiger partial charge in [-0.15, -0.1) is 0 Å². The monoisotopic (exact) mass is 329 g/mol. The minimum absolute atomic E-state index is 0.143. The highest BCUT2D eigenvalue weighted by molar-refractivity contribution is 6.69. The molecule has 22 heavy (non-hydrogen) atoms. The van der Waals surface area contributed by atoms with Crippen molar-refractivity contribution in [1.29, 1.82) is 0 Å². The Balaban J connectivity index is 1.71. The Bertz CT molecular complexity index is 434. The Kier molecular flexibility index (Phi) is 7.18. The van der Waals surface area contributed by atoms with Crippen molar-refractivity contribution in [3.63, 3.8) is 0 Å². The maximum atomic E-state index is 9.97. The summed E-state index contributed by atoms with van der Waals surface area (Å²) in [7, 11) is 1.59. The number of likely N-dealkylation sites (tertiary alicyclic amines) is 1. The predicted molar refractivity (Wildman–Crippen MR) is 86.5 cm³/mol. The molecule has 0 aliphatic carbocycles. The van der Waals surface area contributed by atoms with Gasteiger partial charge in [-0.25, -0.2) is 0 Å². The van der Waals surface area contributed by atoms with Crippen molar-refractivity contribution < 1.29 is 14.8 Å². The normalized spacial score (nSPS) is 21.7. The summed E-state index contributed by atoms with van der Waals surface area (Å²) >= 11 is 6.11. The molecule has 6 nitrogen and oxygen atoms in total. The third kappa shape index (κ3) is 5.61. The number of halogens is 1. The molecule has 1 fully saturated rings. The molecule has 0 saturated carbocycles. The maximum Gasteiger partial charge on any atom is 0.173 e. The minimum atomic E-state index is -0.554. The summed E-state index contributed by atoms with van der Waals surface area (Å²) in [5, 5.41) is 15.8. The van der Waals surface area contributed by atoms with E-state index >= 15 is 0 Å². The Labute approximate surface area is 136 Å². The summed E-state index contributed by atoms with van der Waals surface area (Å²) in [6.07, 6.45) is 8.62. The first kappa shape index (κ1) is 17.3. The van der Waals surface area contributed by atoms with Gasteiger partial charge in [-0.3, -0.25) is 9.90 Å². The fourth-order valence-corrected chi connectivity index (χ4v) is 2.69. The number of piperidine rings is 1. The zero-order chi connectivity index (χ0) is 15.8. The van der Waals surface area contributed by atoms with Crippen LogP contribution in [0.1, 0.15) is 19.3 Å². The number of oxime groups is 1. The van der Waals surface area contributed by atoms with Crippen molar-refractivity contribution in [3.8, 4) is 0 Å². The van der Waals surface area contributed by atoms with Crippen LogP contribution < -0.4 is 0 Å². The summed E-state index contributed by atoms with van der Waals surface area (Å²) < 4.78 is 0. The van der Waals surface area contributed by atoms with E-state index in [4.69, 9.17) is 21.3 Å². The van der Waals surface area contributed by atoms with Crippen molar-refractivity contribution in [3.05, 3.63) is 23.9 Å². The van der Waals surface area contributed by atoms with Crippen LogP contribution in [0.3, 0.4) is 0 Å². The molecule has 2 heterocycles. The number of allylic oxidation sites excluding steroid dienone is 2. The highest BCUT2D eigenvalue weighted by atomic mass is 35.5. The summed E-state index contributed by atoms with van der Waals surface area (Å²) in [5.41, 5.74) is 0.802. The van der Waals surface area contributed by atoms with Gasteiger partial charge < -0.3 is 14.8 Å². The molecule has 0 spiro atoms. The average molecular weight is 330 g/mol. The second-order valence-corrected chi connectivity index (χ2v) is 5.84. The molecule has 7 heteroatoms. The highest BCUT2D eigenvalue weighted by Crippen LogP contribution is 2.12. The van der Waals surface area contributed by atoms with Crippen molar-refractivity contribution in [2.24, 2.45) is 5.16 Å². The molecule has 0 aromatic carbocycles. The molecule has 0 bridgehead atoms. The van der Waals surface area contributed by atoms with E-state index in [9.17, 15) is 5.11 Å². The first-order valence-electron chi connectivity index (χ1n) is 7.63. The smallest absolute Gasteiger partial charge is 0.173 e. The second kappa shape index (κ2) is 9.15. The van der Waals surface area contributed by atoms with E-state index in [2.05, 4.69) is 10.1 Å². The molecule has 0 radical (unpaired) electrons. The van der Waals surface area contributed by atoms with E-state index in [-0.39, 0.29) is 11.8 Å². The van der Waals surface area contributed by atoms with Gasteiger partial charge in [0.2, 0.25) is 0 Å². The van der Waals surface area contributed by atoms with Crippen molar-refractivity contribution in [2.45, 2.75) is 25.4 Å². The molecule has 1 N–H and O–H groups in total. The van der Waals surface area contributed by atoms with Gasteiger partial charge >= 0.3 is 0 Å². The Morgan fingerprint density at radius 3 is 2.91 bits per heavy atom. The molecule has 2 rings (SSSR count). The number of hydroxylamine groups is 2. The van der Waals surface area contributed by atoms with Crippen molar-refractivity contribution in [1.82, 2.24) is 9.96 Å². The van der Waals surface area contributed by atoms with Crippen LogP contribution in [0, 0.1) is 0 Å². The SMILES string of the molecule is CON1C=CC=C(/C(Cl)=N/OCC(O)CN2CCCCC2)C1. The van der Waals surface area contributed by atoms with Gasteiger partial charge in [-0.2, -0.15) is 0 Å². The average Bonchev–Trinajstić information content (AvgIpc) is 2.55. The van der Waals surface area contributed by atoms with Gasteiger partial charge in [-0.1, -0.05) is 29.3 Å². The van der Waals surface area contributed by atoms with Gasteiger partial charge in [0, 0.05) is 18.3 Å². The van der Waals surface area contributed by atoms with Crippen molar-refractivity contribution in [2.75, 3.05) is 39.9 Å². The molecule has 2 aliphatic rings. The molecule has 0 aromatic heterocycles. The van der Waals surface area contributed by atoms with Crippen molar-refractivity contribution >= 4 is 16.8 Å². The third-order valence-electron chi connectivity index (χ3n) is 3.70. The van der Waals surface area contributed by atoms with Crippen LogP contribution in [0.2, 0.25) is 0 Å². The van der Waals surface area contributed by atoms with E-state index in [1.807, 2.05) is 12.2 Å². The standard InChI is InChI=1S/C15H24ClN3O3/c1-21-19-9-5-6-13(10-19)15(16)17-22-12-14(20)11-18-7-3-2-4-8-18/h5-6,9,14,20H,2-4,7-8,10-12H2,1H3/b17-15-. The second-order valence-electron chi connectivity index (χ2n) is 5.48. The van der Waals surface area contributed by atoms with Gasteiger partial charge in [0.25, 0.3) is 0 Å². The third-order valence-corrected chi connectivity index (χ3v) is 4.02. The first-order chi connectivity index (χ1) is 10.7. The van der Waals surface area contributed by atoms with Crippen LogP contribution >= 0.6 is 11.6 Å². The summed E-state index contributed by atoms with van der Waals surface area (Å²) in [6, 6.07) is 0. The summed E-state index contributed by atoms with van der Waals surface area (Å²) in [4.78, 5) is 12.5. The number of hydrogen-bond acceptors (Lipinski definition) is 6. The fourth-order valence-electron chi connectivity index (χ4n) is 2.52. The fraction of sp³-hybridized carbons (Fsp3) is 0.667. The van der Waals surface area contributed by atoms with Crippen LogP contribution in [0.4, 0.5) is 0 Å². The molecule has 124 valence electrons. The predicted octanol–water partition coefficient (Wildman–Crippen LogP) is 1.72. The molecule has 0 aromatic rings. The Morgan fingerprint density at radius 2 is 2.18 bits per heavy atom. The van der Waals surface area contributed by atoms with Crippen LogP contribution in [0.5, 0.6) is 0 Å². The molecule has 1 atom stereocenters. The quantitative estimate of drug-likeness (QED) is 0.569. The van der Waals surface area contributed by atoms with Gasteiger partial charge in [0.05, 0.1) is 13.7 Å². The topological polar surface area (TPSA) is 57.5 Å². The lowest BCUT2D eigenvalue weighted by Crippen LogP contribution is -2.38. The molecule has 0 amide bonds. The maximum absolute atomic E-state index is 9.97. The zero-order valence-corrected chi connectivity index (χ0v) is 13.7. The molecular formula is C15H24ClN3O3. The minimum Gasteiger partial charge on any atom is -0.392 e. The van der Waals surface area contributed by atoms with Crippen LogP contribution in [0.25, 0.3) is 0 Å². The summed E-state index contributed by atoms with van der Waals surface area (Å²) in [6.45, 7) is 3.37. The molecule has 2 aliphatic heterocycles.